The number of hydrogen-bond acceptors (Lipinski definition) is 0. The number of rotatable bonds is 1. The second kappa shape index (κ2) is 6.30. The van der Waals surface area contributed by atoms with Crippen LogP contribution in [0.25, 0.3) is 32.7 Å². The van der Waals surface area contributed by atoms with Gasteiger partial charge in [0.1, 0.15) is 24.8 Å². The Morgan fingerprint density at radius 3 is 2.14 bits per heavy atom. The van der Waals surface area contributed by atoms with E-state index in [-0.39, 0.29) is 7.55 Å². The zero-order valence-corrected chi connectivity index (χ0v) is 16.5. The topological polar surface area (TPSA) is 0 Å². The molecule has 0 bridgehead atoms. The largest absolute Gasteiger partial charge is 0.137 e. The van der Waals surface area contributed by atoms with Crippen molar-refractivity contribution < 1.29 is 0 Å². The van der Waals surface area contributed by atoms with Crippen LogP contribution in [-0.4, -0.2) is 5.80 Å². The smallest absolute Gasteiger partial charge is 0.0762 e. The second-order valence-electron chi connectivity index (χ2n) is 7.62. The highest BCUT2D eigenvalue weighted by Crippen LogP contribution is 2.49. The third-order valence-corrected chi connectivity index (χ3v) is 8.32. The lowest BCUT2D eigenvalue weighted by atomic mass is 9.88. The summed E-state index contributed by atoms with van der Waals surface area (Å²) in [6.45, 7) is 0. The molecule has 6 rings (SSSR count). The Morgan fingerprint density at radius 2 is 1.39 bits per heavy atom. The number of fused-ring (bicyclic) bond motifs is 7. The third kappa shape index (κ3) is 2.42. The first-order chi connectivity index (χ1) is 13.9. The Bertz CT molecular complexity index is 1350. The predicted molar refractivity (Wildman–Crippen MR) is 125 cm³/mol. The van der Waals surface area contributed by atoms with E-state index in [4.69, 9.17) is 0 Å². The van der Waals surface area contributed by atoms with E-state index in [0.29, 0.717) is 0 Å². The van der Waals surface area contributed by atoms with Crippen LogP contribution in [0.5, 0.6) is 0 Å². The van der Waals surface area contributed by atoms with E-state index < -0.39 is 0 Å². The van der Waals surface area contributed by atoms with Crippen molar-refractivity contribution in [3.63, 3.8) is 0 Å². The molecule has 0 nitrogen and oxygen atoms in total. The minimum Gasteiger partial charge on any atom is -0.0762 e. The Balaban J connectivity index is 1.76. The van der Waals surface area contributed by atoms with Gasteiger partial charge in [0.2, 0.25) is 0 Å². The Hall–Kier alpha value is -2.95. The molecular weight excluding hydrogens is 355 g/mol. The molecule has 1 aliphatic heterocycles. The fourth-order valence-corrected chi connectivity index (χ4v) is 6.91. The van der Waals surface area contributed by atoms with Crippen molar-refractivity contribution in [3.05, 3.63) is 107 Å². The lowest BCUT2D eigenvalue weighted by Gasteiger charge is -2.14. The van der Waals surface area contributed by atoms with Crippen molar-refractivity contribution in [2.75, 3.05) is 0 Å². The molecule has 0 spiro atoms. The van der Waals surface area contributed by atoms with Crippen LogP contribution < -0.4 is 0 Å². The molecule has 1 heteroatoms. The lowest BCUT2D eigenvalue weighted by molar-refractivity contribution is 1.37. The van der Waals surface area contributed by atoms with E-state index >= 15 is 0 Å². The molecule has 132 valence electrons. The minimum atomic E-state index is -0.310. The van der Waals surface area contributed by atoms with Gasteiger partial charge in [0.05, 0.1) is 0 Å². The van der Waals surface area contributed by atoms with E-state index in [9.17, 15) is 0 Å². The van der Waals surface area contributed by atoms with E-state index in [1.54, 1.807) is 5.31 Å². The van der Waals surface area contributed by atoms with Crippen LogP contribution in [0.15, 0.2) is 96.3 Å². The van der Waals surface area contributed by atoms with Gasteiger partial charge in [-0.25, -0.2) is 0 Å². The molecule has 1 aliphatic carbocycles. The van der Waals surface area contributed by atoms with E-state index in [1.807, 2.05) is 0 Å². The van der Waals surface area contributed by atoms with Gasteiger partial charge in [-0.2, -0.15) is 0 Å². The van der Waals surface area contributed by atoms with Gasteiger partial charge in [-0.15, -0.1) is 0 Å². The van der Waals surface area contributed by atoms with Gasteiger partial charge in [-0.1, -0.05) is 78.9 Å². The summed E-state index contributed by atoms with van der Waals surface area (Å²) in [5.74, 6) is 2.57. The van der Waals surface area contributed by atoms with Crippen molar-refractivity contribution >= 4 is 34.9 Å². The maximum absolute atomic E-state index is 2.57. The van der Waals surface area contributed by atoms with Crippen molar-refractivity contribution in [3.8, 4) is 11.1 Å². The summed E-state index contributed by atoms with van der Waals surface area (Å²) in [7, 11) is -0.310. The highest BCUT2D eigenvalue weighted by atomic mass is 31.1. The summed E-state index contributed by atoms with van der Waals surface area (Å²) in [6.07, 6.45) is 9.09. The molecule has 1 atom stereocenters. The Morgan fingerprint density at radius 1 is 0.679 bits per heavy atom. The third-order valence-electron chi connectivity index (χ3n) is 5.98. The zero-order chi connectivity index (χ0) is 18.5. The standard InChI is InChI=1S/C27H20P/c1-5-11-24-19(7-1)13-15-21-17-28(23-9-3-4-10-23)18-22-16-14-20-8-2-6-12-25(20)27(22)26(21)24/h1-9,11-17H,10,18H2/q+1. The van der Waals surface area contributed by atoms with E-state index in [0.717, 1.165) is 12.6 Å². The summed E-state index contributed by atoms with van der Waals surface area (Å²) in [6, 6.07) is 27.0. The first-order valence-corrected chi connectivity index (χ1v) is 11.5. The molecule has 0 aromatic heterocycles. The number of hydrogen-bond donors (Lipinski definition) is 0. The molecular formula is C27H20P+. The second-order valence-corrected chi connectivity index (χ2v) is 9.71. The molecule has 4 aromatic carbocycles. The minimum absolute atomic E-state index is 0.310. The summed E-state index contributed by atoms with van der Waals surface area (Å²) in [5.41, 5.74) is 5.75. The van der Waals surface area contributed by atoms with Crippen molar-refractivity contribution in [2.24, 2.45) is 0 Å². The highest BCUT2D eigenvalue weighted by Gasteiger charge is 2.27. The monoisotopic (exact) mass is 375 g/mol. The molecule has 2 aliphatic rings. The van der Waals surface area contributed by atoms with Gasteiger partial charge < -0.3 is 0 Å². The van der Waals surface area contributed by atoms with Gasteiger partial charge in [-0.05, 0) is 39.3 Å². The van der Waals surface area contributed by atoms with Crippen LogP contribution in [0, 0.1) is 0 Å². The average Bonchev–Trinajstić information content (AvgIpc) is 3.22. The quantitative estimate of drug-likeness (QED) is 0.300. The van der Waals surface area contributed by atoms with Gasteiger partial charge in [0.25, 0.3) is 0 Å². The molecule has 0 saturated heterocycles. The first-order valence-electron chi connectivity index (χ1n) is 9.88. The summed E-state index contributed by atoms with van der Waals surface area (Å²) >= 11 is 0. The Labute approximate surface area is 166 Å². The van der Waals surface area contributed by atoms with Crippen LogP contribution in [-0.2, 0) is 6.16 Å². The molecule has 0 radical (unpaired) electrons. The molecule has 0 N–H and O–H groups in total. The average molecular weight is 375 g/mol. The van der Waals surface area contributed by atoms with Crippen LogP contribution in [0.2, 0.25) is 0 Å². The summed E-state index contributed by atoms with van der Waals surface area (Å²) < 4.78 is 0. The Kier molecular flexibility index (Phi) is 3.61. The molecule has 0 fully saturated rings. The van der Waals surface area contributed by atoms with Gasteiger partial charge in [-0.3, -0.25) is 0 Å². The lowest BCUT2D eigenvalue weighted by Crippen LogP contribution is -1.92. The summed E-state index contributed by atoms with van der Waals surface area (Å²) in [5, 5.41) is 6.98. The molecule has 0 amide bonds. The molecule has 1 unspecified atom stereocenters. The number of allylic oxidation sites excluding steroid dienone is 4. The molecule has 0 saturated carbocycles. The summed E-state index contributed by atoms with van der Waals surface area (Å²) in [4.78, 5) is 0. The first kappa shape index (κ1) is 16.0. The van der Waals surface area contributed by atoms with Gasteiger partial charge in [0.15, 0.2) is 0 Å². The van der Waals surface area contributed by atoms with Crippen LogP contribution in [0.1, 0.15) is 17.5 Å². The molecule has 1 heterocycles. The van der Waals surface area contributed by atoms with Crippen molar-refractivity contribution in [1.82, 2.24) is 0 Å². The molecule has 4 aromatic rings. The van der Waals surface area contributed by atoms with E-state index in [1.165, 1.54) is 43.8 Å². The molecule has 28 heavy (non-hydrogen) atoms. The van der Waals surface area contributed by atoms with Crippen LogP contribution >= 0.6 is 7.55 Å². The fraction of sp³-hybridized carbons (Fsp3) is 0.0741. The van der Waals surface area contributed by atoms with Crippen LogP contribution in [0.3, 0.4) is 0 Å². The highest BCUT2D eigenvalue weighted by molar-refractivity contribution is 7.61. The van der Waals surface area contributed by atoms with Gasteiger partial charge >= 0.3 is 0 Å². The van der Waals surface area contributed by atoms with Gasteiger partial charge in [0, 0.05) is 23.1 Å². The normalized spacial score (nSPS) is 16.4. The number of benzene rings is 4. The maximum atomic E-state index is 2.57. The van der Waals surface area contributed by atoms with E-state index in [2.05, 4.69) is 96.8 Å². The van der Waals surface area contributed by atoms with Crippen molar-refractivity contribution in [2.45, 2.75) is 12.6 Å². The SMILES string of the molecule is C1=CCC([P+]2=Cc3ccc4ccccc4c3-c3c(ccc4ccccc34)C2)=C1. The fourth-order valence-electron chi connectivity index (χ4n) is 4.65. The predicted octanol–water partition coefficient (Wildman–Crippen LogP) is 7.65. The maximum Gasteiger partial charge on any atom is 0.137 e. The van der Waals surface area contributed by atoms with Crippen LogP contribution in [0.4, 0.5) is 0 Å². The zero-order valence-electron chi connectivity index (χ0n) is 15.6. The van der Waals surface area contributed by atoms with Crippen molar-refractivity contribution in [1.29, 1.82) is 0 Å².